The van der Waals surface area contributed by atoms with Gasteiger partial charge in [-0.25, -0.2) is 9.38 Å². The lowest BCUT2D eigenvalue weighted by Crippen LogP contribution is -2.38. The highest BCUT2D eigenvalue weighted by Crippen LogP contribution is 2.41. The number of rotatable bonds is 5. The van der Waals surface area contributed by atoms with E-state index in [1.807, 2.05) is 30.3 Å². The summed E-state index contributed by atoms with van der Waals surface area (Å²) in [6, 6.07) is 18.2. The first-order chi connectivity index (χ1) is 18.4. The Kier molecular flexibility index (Phi) is 6.80. The van der Waals surface area contributed by atoms with Crippen LogP contribution in [0.15, 0.2) is 97.6 Å². The number of benzene rings is 3. The minimum Gasteiger partial charge on any atom is -0.487 e. The molecule has 1 atom stereocenters. The van der Waals surface area contributed by atoms with Crippen LogP contribution >= 0.6 is 43.2 Å². The van der Waals surface area contributed by atoms with E-state index in [2.05, 4.69) is 50.6 Å². The first-order valence-electron chi connectivity index (χ1n) is 12.1. The molecule has 1 aliphatic heterocycles. The average molecular weight is 652 g/mol. The summed E-state index contributed by atoms with van der Waals surface area (Å²) >= 11 is 8.51. The molecule has 0 spiro atoms. The first kappa shape index (κ1) is 25.2. The predicted molar refractivity (Wildman–Crippen MR) is 157 cm³/mol. The standard InChI is InChI=1S/C30H21Br2FN2O2S/c1-2-13-37-28-23(31)14-17(15-24(28)32)16-25-29(36)35-27(19-7-10-20(33)11-8-19)22-12-9-18-5-3-4-6-21(18)26(22)34-30(35)38-25/h2-8,10-11,14-16,27H,1,9,12-13H2/b25-16+/t27-/m0/s1. The van der Waals surface area contributed by atoms with E-state index in [4.69, 9.17) is 9.73 Å². The topological polar surface area (TPSA) is 43.6 Å². The Morgan fingerprint density at radius 1 is 1.11 bits per heavy atom. The quantitative estimate of drug-likeness (QED) is 0.230. The van der Waals surface area contributed by atoms with Crippen LogP contribution in [-0.4, -0.2) is 11.2 Å². The van der Waals surface area contributed by atoms with Crippen molar-refractivity contribution in [3.8, 4) is 5.75 Å². The molecule has 38 heavy (non-hydrogen) atoms. The van der Waals surface area contributed by atoms with Gasteiger partial charge in [0.25, 0.3) is 5.56 Å². The summed E-state index contributed by atoms with van der Waals surface area (Å²) in [6.07, 6.45) is 5.21. The molecule has 3 aromatic carbocycles. The van der Waals surface area contributed by atoms with Crippen molar-refractivity contribution in [3.63, 3.8) is 0 Å². The molecule has 2 aliphatic rings. The molecule has 0 bridgehead atoms. The SMILES string of the molecule is C=CCOc1c(Br)cc(/C=c2/sc3n(c2=O)[C@@H](c2ccc(F)cc2)C2=C(N=3)c3ccccc3CC2)cc1Br. The molecule has 0 amide bonds. The molecule has 8 heteroatoms. The van der Waals surface area contributed by atoms with Crippen LogP contribution in [-0.2, 0) is 6.42 Å². The van der Waals surface area contributed by atoms with Crippen molar-refractivity contribution >= 4 is 55.0 Å². The van der Waals surface area contributed by atoms with Gasteiger partial charge in [-0.1, -0.05) is 60.4 Å². The monoisotopic (exact) mass is 650 g/mol. The second kappa shape index (κ2) is 10.2. The van der Waals surface area contributed by atoms with Crippen LogP contribution in [0.2, 0.25) is 0 Å². The van der Waals surface area contributed by atoms with Gasteiger partial charge in [-0.05, 0) is 97.3 Å². The van der Waals surface area contributed by atoms with Crippen molar-refractivity contribution in [1.29, 1.82) is 0 Å². The molecule has 0 saturated carbocycles. The van der Waals surface area contributed by atoms with Gasteiger partial charge in [0.2, 0.25) is 0 Å². The zero-order valence-corrected chi connectivity index (χ0v) is 24.1. The molecule has 6 rings (SSSR count). The lowest BCUT2D eigenvalue weighted by atomic mass is 9.83. The maximum Gasteiger partial charge on any atom is 0.271 e. The number of ether oxygens (including phenoxy) is 1. The number of fused-ring (bicyclic) bond motifs is 3. The van der Waals surface area contributed by atoms with Crippen molar-refractivity contribution in [3.05, 3.63) is 136 Å². The van der Waals surface area contributed by atoms with Crippen molar-refractivity contribution in [1.82, 2.24) is 4.57 Å². The molecule has 0 saturated heterocycles. The lowest BCUT2D eigenvalue weighted by Gasteiger charge is -2.30. The predicted octanol–water partition coefficient (Wildman–Crippen LogP) is 6.55. The normalized spacial score (nSPS) is 16.4. The summed E-state index contributed by atoms with van der Waals surface area (Å²) < 4.78 is 23.4. The Morgan fingerprint density at radius 2 is 1.84 bits per heavy atom. The van der Waals surface area contributed by atoms with E-state index < -0.39 is 0 Å². The fourth-order valence-corrected chi connectivity index (χ4v) is 7.51. The van der Waals surface area contributed by atoms with Crippen LogP contribution in [0.5, 0.6) is 5.75 Å². The van der Waals surface area contributed by atoms with Crippen LogP contribution < -0.4 is 19.6 Å². The van der Waals surface area contributed by atoms with Crippen molar-refractivity contribution in [2.45, 2.75) is 18.9 Å². The Labute approximate surface area is 239 Å². The molecule has 190 valence electrons. The Hall–Kier alpha value is -3.07. The molecular weight excluding hydrogens is 631 g/mol. The average Bonchev–Trinajstić information content (AvgIpc) is 3.22. The fourth-order valence-electron chi connectivity index (χ4n) is 5.06. The summed E-state index contributed by atoms with van der Waals surface area (Å²) in [5.41, 5.74) is 5.95. The van der Waals surface area contributed by atoms with Gasteiger partial charge in [-0.3, -0.25) is 9.36 Å². The Morgan fingerprint density at radius 3 is 2.58 bits per heavy atom. The van der Waals surface area contributed by atoms with E-state index in [0.29, 0.717) is 21.7 Å². The number of hydrogen-bond donors (Lipinski definition) is 0. The van der Waals surface area contributed by atoms with Crippen LogP contribution in [0.25, 0.3) is 11.8 Å². The van der Waals surface area contributed by atoms with Crippen molar-refractivity contribution in [2.75, 3.05) is 6.61 Å². The Balaban J connectivity index is 1.55. The second-order valence-electron chi connectivity index (χ2n) is 9.08. The molecule has 0 radical (unpaired) electrons. The number of halogens is 3. The first-order valence-corrected chi connectivity index (χ1v) is 14.5. The van der Waals surface area contributed by atoms with Gasteiger partial charge in [0.1, 0.15) is 18.2 Å². The number of nitrogens with zero attached hydrogens (tertiary/aromatic N) is 2. The third-order valence-corrected chi connectivity index (χ3v) is 8.88. The van der Waals surface area contributed by atoms with E-state index in [1.165, 1.54) is 29.0 Å². The maximum absolute atomic E-state index is 13.9. The molecule has 2 heterocycles. The van der Waals surface area contributed by atoms with Gasteiger partial charge in [-0.2, -0.15) is 0 Å². The highest BCUT2D eigenvalue weighted by molar-refractivity contribution is 9.11. The molecular formula is C30H21Br2FN2O2S. The van der Waals surface area contributed by atoms with Gasteiger partial charge < -0.3 is 4.74 Å². The van der Waals surface area contributed by atoms with Crippen molar-refractivity contribution < 1.29 is 9.13 Å². The summed E-state index contributed by atoms with van der Waals surface area (Å²) in [5, 5.41) is 0. The number of hydrogen-bond acceptors (Lipinski definition) is 4. The number of allylic oxidation sites excluding steroid dienone is 1. The highest BCUT2D eigenvalue weighted by atomic mass is 79.9. The van der Waals surface area contributed by atoms with E-state index in [-0.39, 0.29) is 17.4 Å². The minimum absolute atomic E-state index is 0.118. The van der Waals surface area contributed by atoms with Crippen molar-refractivity contribution in [2.24, 2.45) is 4.99 Å². The smallest absolute Gasteiger partial charge is 0.271 e. The second-order valence-corrected chi connectivity index (χ2v) is 11.8. The van der Waals surface area contributed by atoms with Crippen LogP contribution in [0, 0.1) is 5.82 Å². The van der Waals surface area contributed by atoms with E-state index in [9.17, 15) is 9.18 Å². The van der Waals surface area contributed by atoms with Crippen LogP contribution in [0.4, 0.5) is 4.39 Å². The molecule has 1 aliphatic carbocycles. The highest BCUT2D eigenvalue weighted by Gasteiger charge is 2.32. The van der Waals surface area contributed by atoms with Gasteiger partial charge >= 0.3 is 0 Å². The lowest BCUT2D eigenvalue weighted by molar-refractivity contribution is 0.358. The molecule has 0 fully saturated rings. The third-order valence-electron chi connectivity index (χ3n) is 6.72. The maximum atomic E-state index is 13.9. The molecule has 0 unspecified atom stereocenters. The molecule has 1 aromatic heterocycles. The van der Waals surface area contributed by atoms with Gasteiger partial charge in [-0.15, -0.1) is 0 Å². The largest absolute Gasteiger partial charge is 0.487 e. The van der Waals surface area contributed by atoms with Crippen LogP contribution in [0.3, 0.4) is 0 Å². The summed E-state index contributed by atoms with van der Waals surface area (Å²) in [6.45, 7) is 4.07. The van der Waals surface area contributed by atoms with Gasteiger partial charge in [0.05, 0.1) is 25.2 Å². The number of aryl methyl sites for hydroxylation is 1. The zero-order chi connectivity index (χ0) is 26.4. The number of aromatic nitrogens is 1. The molecule has 4 aromatic rings. The van der Waals surface area contributed by atoms with E-state index >= 15 is 0 Å². The minimum atomic E-state index is -0.342. The van der Waals surface area contributed by atoms with Gasteiger partial charge in [0.15, 0.2) is 4.80 Å². The molecule has 0 N–H and O–H groups in total. The van der Waals surface area contributed by atoms with E-state index in [0.717, 1.165) is 49.7 Å². The fraction of sp³-hybridized carbons (Fsp3) is 0.133. The van der Waals surface area contributed by atoms with Crippen LogP contribution in [0.1, 0.15) is 34.7 Å². The Bertz CT molecular complexity index is 1780. The van der Waals surface area contributed by atoms with E-state index in [1.54, 1.807) is 22.8 Å². The summed E-state index contributed by atoms with van der Waals surface area (Å²) in [7, 11) is 0. The number of thiazole rings is 1. The molecule has 4 nitrogen and oxygen atoms in total. The summed E-state index contributed by atoms with van der Waals surface area (Å²) in [4.78, 5) is 19.6. The zero-order valence-electron chi connectivity index (χ0n) is 20.1. The van der Waals surface area contributed by atoms with Gasteiger partial charge in [0, 0.05) is 5.56 Å². The summed E-state index contributed by atoms with van der Waals surface area (Å²) in [5.74, 6) is 0.368. The third kappa shape index (κ3) is 4.44.